The molecule has 2 aromatic heterocycles. The number of sulfonamides is 1. The van der Waals surface area contributed by atoms with E-state index in [4.69, 9.17) is 11.6 Å². The van der Waals surface area contributed by atoms with Crippen molar-refractivity contribution in [2.45, 2.75) is 4.90 Å². The number of aromatic nitrogens is 2. The first-order valence-electron chi connectivity index (χ1n) is 9.57. The molecule has 0 radical (unpaired) electrons. The van der Waals surface area contributed by atoms with E-state index in [1.807, 2.05) is 0 Å². The van der Waals surface area contributed by atoms with Crippen LogP contribution in [-0.4, -0.2) is 24.3 Å². The van der Waals surface area contributed by atoms with Crippen LogP contribution < -0.4 is 10.0 Å². The van der Waals surface area contributed by atoms with Crippen molar-refractivity contribution in [2.24, 2.45) is 0 Å². The second-order valence-electron chi connectivity index (χ2n) is 6.90. The molecule has 4 rings (SSSR count). The van der Waals surface area contributed by atoms with E-state index in [0.717, 1.165) is 0 Å². The number of halogens is 2. The molecule has 0 aliphatic heterocycles. The summed E-state index contributed by atoms with van der Waals surface area (Å²) in [6.07, 6.45) is 4.33. The number of anilines is 2. The molecule has 2 heterocycles. The van der Waals surface area contributed by atoms with E-state index in [0.29, 0.717) is 16.8 Å². The topological polar surface area (TPSA) is 101 Å². The summed E-state index contributed by atoms with van der Waals surface area (Å²) < 4.78 is 40.8. The van der Waals surface area contributed by atoms with Crippen molar-refractivity contribution in [3.63, 3.8) is 0 Å². The summed E-state index contributed by atoms with van der Waals surface area (Å²) in [6, 6.07) is 16.3. The van der Waals surface area contributed by atoms with Crippen LogP contribution in [0.2, 0.25) is 5.15 Å². The first kappa shape index (κ1) is 22.4. The highest BCUT2D eigenvalue weighted by molar-refractivity contribution is 7.92. The Hall–Kier alpha value is -3.82. The van der Waals surface area contributed by atoms with Crippen molar-refractivity contribution < 1.29 is 17.6 Å². The van der Waals surface area contributed by atoms with Crippen LogP contribution >= 0.6 is 11.6 Å². The quantitative estimate of drug-likeness (QED) is 0.377. The summed E-state index contributed by atoms with van der Waals surface area (Å²) in [5.41, 5.74) is 1.77. The zero-order valence-corrected chi connectivity index (χ0v) is 18.4. The Bertz CT molecular complexity index is 1420. The van der Waals surface area contributed by atoms with Crippen LogP contribution in [0, 0.1) is 5.82 Å². The van der Waals surface area contributed by atoms with Gasteiger partial charge in [-0.25, -0.2) is 17.8 Å². The Morgan fingerprint density at radius 3 is 2.33 bits per heavy atom. The third-order valence-electron chi connectivity index (χ3n) is 4.57. The number of nitrogens with zero attached hydrogens (tertiary/aromatic N) is 2. The number of carbonyl (C=O) groups excluding carboxylic acids is 1. The summed E-state index contributed by atoms with van der Waals surface area (Å²) in [5.74, 6) is -0.853. The first-order chi connectivity index (χ1) is 15.8. The maximum atomic E-state index is 13.1. The molecule has 0 atom stereocenters. The van der Waals surface area contributed by atoms with Crippen molar-refractivity contribution in [3.05, 3.63) is 102 Å². The summed E-state index contributed by atoms with van der Waals surface area (Å²) in [5, 5.41) is 2.63. The van der Waals surface area contributed by atoms with Gasteiger partial charge in [-0.05, 0) is 48.5 Å². The van der Waals surface area contributed by atoms with Crippen molar-refractivity contribution >= 4 is 38.9 Å². The van der Waals surface area contributed by atoms with Gasteiger partial charge in [0.2, 0.25) is 0 Å². The van der Waals surface area contributed by atoms with Gasteiger partial charge in [0.15, 0.2) is 5.15 Å². The highest BCUT2D eigenvalue weighted by atomic mass is 35.5. The maximum absolute atomic E-state index is 13.1. The number of hydrogen-bond donors (Lipinski definition) is 2. The predicted octanol–water partition coefficient (Wildman–Crippen LogP) is 4.99. The summed E-state index contributed by atoms with van der Waals surface area (Å²) in [7, 11) is -3.87. The van der Waals surface area contributed by atoms with Crippen LogP contribution in [0.15, 0.2) is 90.2 Å². The van der Waals surface area contributed by atoms with Crippen molar-refractivity contribution in [3.8, 4) is 11.1 Å². The highest BCUT2D eigenvalue weighted by Crippen LogP contribution is 2.29. The molecule has 0 aliphatic rings. The zero-order valence-electron chi connectivity index (χ0n) is 16.9. The number of amides is 1. The van der Waals surface area contributed by atoms with Gasteiger partial charge in [-0.2, -0.15) is 0 Å². The van der Waals surface area contributed by atoms with Gasteiger partial charge in [0.05, 0.1) is 16.1 Å². The van der Waals surface area contributed by atoms with Gasteiger partial charge in [-0.15, -0.1) is 0 Å². The van der Waals surface area contributed by atoms with Gasteiger partial charge in [0.1, 0.15) is 5.82 Å². The molecule has 0 bridgehead atoms. The van der Waals surface area contributed by atoms with Crippen LogP contribution in [-0.2, 0) is 10.0 Å². The molecule has 4 aromatic rings. The normalized spacial score (nSPS) is 11.1. The van der Waals surface area contributed by atoms with Gasteiger partial charge in [0.25, 0.3) is 15.9 Å². The molecular weight excluding hydrogens is 467 g/mol. The third kappa shape index (κ3) is 5.33. The second-order valence-corrected chi connectivity index (χ2v) is 8.94. The number of benzene rings is 2. The average molecular weight is 483 g/mol. The smallest absolute Gasteiger partial charge is 0.261 e. The number of hydrogen-bond acceptors (Lipinski definition) is 5. The highest BCUT2D eigenvalue weighted by Gasteiger charge is 2.17. The number of carbonyl (C=O) groups is 1. The molecule has 166 valence electrons. The lowest BCUT2D eigenvalue weighted by Gasteiger charge is -2.11. The molecular formula is C23H16ClFN4O3S. The standard InChI is InChI=1S/C23H16ClFN4O3S/c24-22-21(29-33(31,32)20-4-2-1-3-5-20)11-16(14-27-22)15-10-17(13-26-12-15)23(30)28-19-8-6-18(25)7-9-19/h1-14,29H,(H,28,30). The van der Waals surface area contributed by atoms with Crippen LogP contribution in [0.25, 0.3) is 11.1 Å². The van der Waals surface area contributed by atoms with E-state index in [9.17, 15) is 17.6 Å². The molecule has 0 aliphatic carbocycles. The number of nitrogens with one attached hydrogen (secondary N) is 2. The molecule has 0 saturated heterocycles. The zero-order chi connectivity index (χ0) is 23.4. The van der Waals surface area contributed by atoms with Gasteiger partial charge >= 0.3 is 0 Å². The fourth-order valence-electron chi connectivity index (χ4n) is 2.94. The molecule has 10 heteroatoms. The summed E-state index contributed by atoms with van der Waals surface area (Å²) in [4.78, 5) is 20.8. The minimum Gasteiger partial charge on any atom is -0.322 e. The Balaban J connectivity index is 1.60. The van der Waals surface area contributed by atoms with Gasteiger partial charge in [0, 0.05) is 35.4 Å². The number of pyridine rings is 2. The molecule has 0 fully saturated rings. The lowest BCUT2D eigenvalue weighted by Crippen LogP contribution is -2.13. The maximum Gasteiger partial charge on any atom is 0.261 e. The van der Waals surface area contributed by atoms with Crippen LogP contribution in [0.3, 0.4) is 0 Å². The van der Waals surface area contributed by atoms with Crippen LogP contribution in [0.1, 0.15) is 10.4 Å². The molecule has 2 aromatic carbocycles. The van der Waals surface area contributed by atoms with E-state index >= 15 is 0 Å². The van der Waals surface area contributed by atoms with Crippen molar-refractivity contribution in [2.75, 3.05) is 10.0 Å². The second kappa shape index (κ2) is 9.35. The Kier molecular flexibility index (Phi) is 6.34. The van der Waals surface area contributed by atoms with Crippen LogP contribution in [0.5, 0.6) is 0 Å². The lowest BCUT2D eigenvalue weighted by atomic mass is 10.1. The van der Waals surface area contributed by atoms with E-state index in [-0.39, 0.29) is 21.3 Å². The third-order valence-corrected chi connectivity index (χ3v) is 6.26. The van der Waals surface area contributed by atoms with E-state index in [2.05, 4.69) is 20.0 Å². The van der Waals surface area contributed by atoms with E-state index in [1.165, 1.54) is 61.1 Å². The summed E-state index contributed by atoms with van der Waals surface area (Å²) >= 11 is 6.12. The molecule has 0 unspecified atom stereocenters. The van der Waals surface area contributed by atoms with Crippen LogP contribution in [0.4, 0.5) is 15.8 Å². The Morgan fingerprint density at radius 1 is 0.909 bits per heavy atom. The summed E-state index contributed by atoms with van der Waals surface area (Å²) in [6.45, 7) is 0. The SMILES string of the molecule is O=C(Nc1ccc(F)cc1)c1cncc(-c2cnc(Cl)c(NS(=O)(=O)c3ccccc3)c2)c1. The average Bonchev–Trinajstić information content (AvgIpc) is 2.82. The van der Waals surface area contributed by atoms with Gasteiger partial charge in [-0.1, -0.05) is 29.8 Å². The number of rotatable bonds is 6. The van der Waals surface area contributed by atoms with Gasteiger partial charge in [-0.3, -0.25) is 14.5 Å². The molecule has 1 amide bonds. The molecule has 7 nitrogen and oxygen atoms in total. The first-order valence-corrected chi connectivity index (χ1v) is 11.4. The molecule has 2 N–H and O–H groups in total. The van der Waals surface area contributed by atoms with E-state index < -0.39 is 21.7 Å². The Morgan fingerprint density at radius 2 is 1.61 bits per heavy atom. The largest absolute Gasteiger partial charge is 0.322 e. The minimum absolute atomic E-state index is 0.0311. The van der Waals surface area contributed by atoms with Crippen molar-refractivity contribution in [1.29, 1.82) is 0 Å². The predicted molar refractivity (Wildman–Crippen MR) is 124 cm³/mol. The molecule has 0 spiro atoms. The van der Waals surface area contributed by atoms with Gasteiger partial charge < -0.3 is 5.32 Å². The Labute approximate surface area is 194 Å². The fourth-order valence-corrected chi connectivity index (χ4v) is 4.22. The monoisotopic (exact) mass is 482 g/mol. The molecule has 0 saturated carbocycles. The molecule has 33 heavy (non-hydrogen) atoms. The minimum atomic E-state index is -3.87. The fraction of sp³-hybridized carbons (Fsp3) is 0. The van der Waals surface area contributed by atoms with E-state index in [1.54, 1.807) is 24.3 Å². The van der Waals surface area contributed by atoms with Crippen molar-refractivity contribution in [1.82, 2.24) is 9.97 Å². The lowest BCUT2D eigenvalue weighted by molar-refractivity contribution is 0.102.